The van der Waals surface area contributed by atoms with E-state index in [1.54, 1.807) is 7.11 Å². The van der Waals surface area contributed by atoms with E-state index in [1.807, 2.05) is 18.2 Å². The number of aryl methyl sites for hydroxylation is 1. The van der Waals surface area contributed by atoms with Crippen molar-refractivity contribution in [3.05, 3.63) is 45.1 Å². The van der Waals surface area contributed by atoms with Crippen molar-refractivity contribution in [3.8, 4) is 5.75 Å². The quantitative estimate of drug-likeness (QED) is 0.674. The van der Waals surface area contributed by atoms with Gasteiger partial charge in [0.05, 0.1) is 12.8 Å². The van der Waals surface area contributed by atoms with Gasteiger partial charge in [-0.15, -0.1) is 5.10 Å². The lowest BCUT2D eigenvalue weighted by Gasteiger charge is -2.36. The normalized spacial score (nSPS) is 14.9. The number of piperazine rings is 1. The molecule has 9 heteroatoms. The summed E-state index contributed by atoms with van der Waals surface area (Å²) in [7, 11) is 4.70. The van der Waals surface area contributed by atoms with Crippen molar-refractivity contribution in [2.75, 3.05) is 56.6 Å². The Kier molecular flexibility index (Phi) is 6.35. The van der Waals surface area contributed by atoms with Crippen LogP contribution in [0.2, 0.25) is 0 Å². The van der Waals surface area contributed by atoms with Gasteiger partial charge < -0.3 is 15.0 Å². The Balaban J connectivity index is 1.45. The highest BCUT2D eigenvalue weighted by molar-refractivity contribution is 5.58. The van der Waals surface area contributed by atoms with Crippen LogP contribution in [0.15, 0.2) is 33.9 Å². The molecule has 1 aromatic heterocycles. The predicted molar refractivity (Wildman–Crippen MR) is 109 cm³/mol. The van der Waals surface area contributed by atoms with E-state index in [9.17, 15) is 9.59 Å². The van der Waals surface area contributed by atoms with Crippen LogP contribution in [0.5, 0.6) is 5.75 Å². The zero-order valence-corrected chi connectivity index (χ0v) is 16.7. The van der Waals surface area contributed by atoms with Gasteiger partial charge in [-0.25, -0.2) is 9.48 Å². The number of ether oxygens (including phenoxy) is 1. The number of rotatable bonds is 7. The third-order valence-electron chi connectivity index (χ3n) is 5.06. The van der Waals surface area contributed by atoms with Gasteiger partial charge in [0.2, 0.25) is 5.82 Å². The van der Waals surface area contributed by atoms with E-state index in [2.05, 4.69) is 26.3 Å². The van der Waals surface area contributed by atoms with Crippen LogP contribution in [0.3, 0.4) is 0 Å². The Hall–Kier alpha value is -2.81. The number of para-hydroxylation sites is 2. The molecule has 2 aromatic rings. The van der Waals surface area contributed by atoms with Crippen LogP contribution in [0, 0.1) is 0 Å². The van der Waals surface area contributed by atoms with Crippen molar-refractivity contribution in [3.63, 3.8) is 0 Å². The summed E-state index contributed by atoms with van der Waals surface area (Å²) in [5, 5.41) is 7.06. The largest absolute Gasteiger partial charge is 0.495 e. The highest BCUT2D eigenvalue weighted by atomic mass is 16.5. The van der Waals surface area contributed by atoms with Crippen molar-refractivity contribution < 1.29 is 4.74 Å². The van der Waals surface area contributed by atoms with Crippen molar-refractivity contribution in [2.24, 2.45) is 14.1 Å². The lowest BCUT2D eigenvalue weighted by molar-refractivity contribution is 0.256. The first-order valence-electron chi connectivity index (χ1n) is 9.50. The van der Waals surface area contributed by atoms with Gasteiger partial charge in [-0.3, -0.25) is 14.3 Å². The maximum absolute atomic E-state index is 12.1. The zero-order chi connectivity index (χ0) is 20.1. The average molecular weight is 388 g/mol. The van der Waals surface area contributed by atoms with E-state index in [4.69, 9.17) is 4.74 Å². The van der Waals surface area contributed by atoms with Crippen LogP contribution in [0.1, 0.15) is 6.42 Å². The first kappa shape index (κ1) is 19.9. The fourth-order valence-electron chi connectivity index (χ4n) is 3.42. The van der Waals surface area contributed by atoms with Crippen LogP contribution in [-0.4, -0.2) is 65.6 Å². The molecule has 0 spiro atoms. The summed E-state index contributed by atoms with van der Waals surface area (Å²) in [6.45, 7) is 5.45. The molecule has 0 bridgehead atoms. The number of hydrogen-bond donors (Lipinski definition) is 1. The average Bonchev–Trinajstić information content (AvgIpc) is 2.73. The molecule has 0 amide bonds. The second-order valence-corrected chi connectivity index (χ2v) is 6.90. The minimum atomic E-state index is -0.427. The van der Waals surface area contributed by atoms with Gasteiger partial charge in [0.1, 0.15) is 5.75 Å². The molecule has 1 fully saturated rings. The molecule has 152 valence electrons. The zero-order valence-electron chi connectivity index (χ0n) is 16.7. The molecule has 0 radical (unpaired) electrons. The van der Waals surface area contributed by atoms with Gasteiger partial charge in [-0.1, -0.05) is 12.1 Å². The van der Waals surface area contributed by atoms with E-state index in [1.165, 1.54) is 18.8 Å². The number of methoxy groups -OCH3 is 1. The van der Waals surface area contributed by atoms with Crippen molar-refractivity contribution in [2.45, 2.75) is 6.42 Å². The van der Waals surface area contributed by atoms with E-state index in [-0.39, 0.29) is 5.82 Å². The fraction of sp³-hybridized carbons (Fsp3) is 0.526. The summed E-state index contributed by atoms with van der Waals surface area (Å²) in [4.78, 5) is 28.5. The molecule has 0 atom stereocenters. The molecular formula is C19H28N6O3. The van der Waals surface area contributed by atoms with Gasteiger partial charge in [0.15, 0.2) is 0 Å². The molecular weight excluding hydrogens is 360 g/mol. The van der Waals surface area contributed by atoms with Crippen LogP contribution in [-0.2, 0) is 14.1 Å². The lowest BCUT2D eigenvalue weighted by atomic mass is 10.2. The monoisotopic (exact) mass is 388 g/mol. The molecule has 2 heterocycles. The smallest absolute Gasteiger partial charge is 0.346 e. The second kappa shape index (κ2) is 8.92. The Bertz CT molecular complexity index is 915. The van der Waals surface area contributed by atoms with Crippen molar-refractivity contribution in [1.29, 1.82) is 0 Å². The van der Waals surface area contributed by atoms with Crippen LogP contribution in [0.4, 0.5) is 11.5 Å². The highest BCUT2D eigenvalue weighted by Gasteiger charge is 2.19. The summed E-state index contributed by atoms with van der Waals surface area (Å²) in [5.41, 5.74) is 0.319. The molecule has 0 aliphatic carbocycles. The Morgan fingerprint density at radius 2 is 1.82 bits per heavy atom. The SMILES string of the molecule is COc1ccccc1N1CCN(CCCNc2nn(C)c(=O)n(C)c2=O)CC1. The van der Waals surface area contributed by atoms with Gasteiger partial charge in [-0.2, -0.15) is 0 Å². The maximum atomic E-state index is 12.1. The van der Waals surface area contributed by atoms with E-state index >= 15 is 0 Å². The van der Waals surface area contributed by atoms with Crippen LogP contribution in [0.25, 0.3) is 0 Å². The molecule has 3 rings (SSSR count). The summed E-state index contributed by atoms with van der Waals surface area (Å²) in [6, 6.07) is 8.11. The number of benzene rings is 1. The minimum Gasteiger partial charge on any atom is -0.495 e. The fourth-order valence-corrected chi connectivity index (χ4v) is 3.42. The Morgan fingerprint density at radius 1 is 1.11 bits per heavy atom. The van der Waals surface area contributed by atoms with Crippen molar-refractivity contribution in [1.82, 2.24) is 19.2 Å². The standard InChI is InChI=1S/C19H28N6O3/c1-22-18(26)17(21-23(2)19(22)27)20-9-6-10-24-11-13-25(14-12-24)15-7-4-5-8-16(15)28-3/h4-5,7-8H,6,9-14H2,1-3H3,(H,20,21). The van der Waals surface area contributed by atoms with Crippen LogP contribution < -0.4 is 26.2 Å². The summed E-state index contributed by atoms with van der Waals surface area (Å²) in [5.74, 6) is 1.12. The van der Waals surface area contributed by atoms with Gasteiger partial charge in [-0.05, 0) is 25.1 Å². The molecule has 28 heavy (non-hydrogen) atoms. The van der Waals surface area contributed by atoms with E-state index in [0.29, 0.717) is 6.54 Å². The van der Waals surface area contributed by atoms with E-state index < -0.39 is 11.2 Å². The Morgan fingerprint density at radius 3 is 2.54 bits per heavy atom. The molecule has 9 nitrogen and oxygen atoms in total. The number of aromatic nitrogens is 3. The number of anilines is 2. The summed E-state index contributed by atoms with van der Waals surface area (Å²) < 4.78 is 7.69. The summed E-state index contributed by atoms with van der Waals surface area (Å²) >= 11 is 0. The van der Waals surface area contributed by atoms with Crippen molar-refractivity contribution >= 4 is 11.5 Å². The second-order valence-electron chi connectivity index (χ2n) is 6.90. The van der Waals surface area contributed by atoms with Gasteiger partial charge >= 0.3 is 5.69 Å². The molecule has 1 aliphatic heterocycles. The maximum Gasteiger partial charge on any atom is 0.346 e. The molecule has 0 unspecified atom stereocenters. The van der Waals surface area contributed by atoms with Crippen LogP contribution >= 0.6 is 0 Å². The molecule has 1 aliphatic rings. The molecule has 1 aromatic carbocycles. The van der Waals surface area contributed by atoms with Gasteiger partial charge in [0.25, 0.3) is 5.56 Å². The third-order valence-corrected chi connectivity index (χ3v) is 5.06. The molecule has 1 saturated heterocycles. The number of nitrogens with one attached hydrogen (secondary N) is 1. The molecule has 0 saturated carbocycles. The van der Waals surface area contributed by atoms with E-state index in [0.717, 1.165) is 55.1 Å². The first-order chi connectivity index (χ1) is 13.5. The predicted octanol–water partition coefficient (Wildman–Crippen LogP) is 0.112. The minimum absolute atomic E-state index is 0.214. The first-order valence-corrected chi connectivity index (χ1v) is 9.50. The number of nitrogens with zero attached hydrogens (tertiary/aromatic N) is 5. The highest BCUT2D eigenvalue weighted by Crippen LogP contribution is 2.28. The number of hydrogen-bond acceptors (Lipinski definition) is 7. The van der Waals surface area contributed by atoms with Gasteiger partial charge in [0, 0.05) is 46.8 Å². The summed E-state index contributed by atoms with van der Waals surface area (Å²) in [6.07, 6.45) is 0.891. The molecule has 1 N–H and O–H groups in total. The Labute approximate surface area is 164 Å². The lowest BCUT2D eigenvalue weighted by Crippen LogP contribution is -2.47. The third kappa shape index (κ3) is 4.36. The topological polar surface area (TPSA) is 84.6 Å².